The molecule has 1 aromatic carbocycles. The van der Waals surface area contributed by atoms with Crippen LogP contribution in [0.3, 0.4) is 0 Å². The van der Waals surface area contributed by atoms with Crippen LogP contribution in [0.1, 0.15) is 0 Å². The van der Waals surface area contributed by atoms with Gasteiger partial charge in [-0.15, -0.1) is 0 Å². The molecule has 1 N–H and O–H groups in total. The number of H-pyrrole nitrogens is 1. The summed E-state index contributed by atoms with van der Waals surface area (Å²) in [5.74, 6) is 0. The molecule has 0 aliphatic carbocycles. The third-order valence-corrected chi connectivity index (χ3v) is 2.61. The zero-order valence-corrected chi connectivity index (χ0v) is 6.33. The fraction of sp³-hybridized carbons (Fsp3) is 0. The average Bonchev–Trinajstić information content (AvgIpc) is 2.70. The van der Waals surface area contributed by atoms with Crippen LogP contribution in [0, 0.1) is 10.8 Å². The van der Waals surface area contributed by atoms with Gasteiger partial charge in [0.2, 0.25) is 0 Å². The molecular formula is C10H6N2. The highest BCUT2D eigenvalue weighted by Gasteiger charge is 2.15. The Hall–Kier alpha value is -1.70. The Morgan fingerprint density at radius 1 is 1.08 bits per heavy atom. The second kappa shape index (κ2) is 1.29. The highest BCUT2D eigenvalue weighted by atomic mass is 15.1. The molecule has 0 unspecified atom stereocenters. The maximum atomic E-state index is 3.24. The minimum atomic E-state index is 1.30. The van der Waals surface area contributed by atoms with Gasteiger partial charge in [0.25, 0.3) is 0 Å². The Morgan fingerprint density at radius 2 is 2.00 bits per heavy atom. The van der Waals surface area contributed by atoms with Crippen molar-refractivity contribution < 1.29 is 0 Å². The summed E-state index contributed by atoms with van der Waals surface area (Å²) < 4.78 is 2.27. The number of benzene rings is 1. The number of imidazole rings is 1. The molecule has 0 fully saturated rings. The molecule has 0 atom stereocenters. The van der Waals surface area contributed by atoms with Crippen molar-refractivity contribution >= 4 is 16.4 Å². The molecule has 0 saturated heterocycles. The molecule has 12 heavy (non-hydrogen) atoms. The van der Waals surface area contributed by atoms with Gasteiger partial charge in [0.15, 0.2) is 0 Å². The van der Waals surface area contributed by atoms with E-state index in [1.54, 1.807) is 0 Å². The number of para-hydroxylation sites is 1. The number of aromatic nitrogens is 2. The van der Waals surface area contributed by atoms with Crippen LogP contribution in [0.4, 0.5) is 0 Å². The molecule has 0 radical (unpaired) electrons. The van der Waals surface area contributed by atoms with E-state index in [-0.39, 0.29) is 0 Å². The third-order valence-electron chi connectivity index (χ3n) is 2.61. The monoisotopic (exact) mass is 154 g/mol. The van der Waals surface area contributed by atoms with Crippen molar-refractivity contribution in [1.82, 2.24) is 9.38 Å². The molecule has 2 nitrogen and oxygen atoms in total. The summed E-state index contributed by atoms with van der Waals surface area (Å²) in [7, 11) is 0. The Balaban J connectivity index is 2.49. The van der Waals surface area contributed by atoms with E-state index in [1.807, 2.05) is 0 Å². The number of aromatic amines is 1. The third kappa shape index (κ3) is 0.355. The zero-order valence-electron chi connectivity index (χ0n) is 6.33. The molecule has 0 amide bonds. The summed E-state index contributed by atoms with van der Waals surface area (Å²) >= 11 is 0. The highest BCUT2D eigenvalue weighted by Crippen LogP contribution is 2.26. The van der Waals surface area contributed by atoms with Crippen molar-refractivity contribution in [3.63, 3.8) is 0 Å². The topological polar surface area (TPSA) is 20.2 Å². The molecule has 2 aliphatic heterocycles. The van der Waals surface area contributed by atoms with E-state index in [1.165, 1.54) is 27.2 Å². The Bertz CT molecular complexity index is 700. The predicted octanol–water partition coefficient (Wildman–Crippen LogP) is 2.02. The smallest absolute Gasteiger partial charge is 0.142 e. The van der Waals surface area contributed by atoms with Gasteiger partial charge < -0.3 is 4.98 Å². The van der Waals surface area contributed by atoms with Gasteiger partial charge in [-0.3, -0.25) is 4.40 Å². The predicted molar refractivity (Wildman–Crippen MR) is 46.9 cm³/mol. The van der Waals surface area contributed by atoms with Gasteiger partial charge in [0.05, 0.1) is 11.0 Å². The van der Waals surface area contributed by atoms with Gasteiger partial charge in [-0.25, -0.2) is 0 Å². The molecule has 1 aromatic heterocycles. The number of nitrogens with zero attached hydrogens (tertiary/aromatic N) is 1. The second-order valence-corrected chi connectivity index (χ2v) is 3.27. The SMILES string of the molecule is c1ccc2c(c1)cc1c3[nH]c=3n12. The van der Waals surface area contributed by atoms with Crippen molar-refractivity contribution in [3.8, 4) is 0 Å². The Kier molecular flexibility index (Phi) is 0.541. The van der Waals surface area contributed by atoms with E-state index in [0.717, 1.165) is 0 Å². The molecule has 2 aliphatic rings. The van der Waals surface area contributed by atoms with Crippen LogP contribution in [0.25, 0.3) is 16.4 Å². The standard InChI is InChI=1S/C10H6N2/c1-2-4-7-6(3-1)5-8-9-10(11-9)12(7)8/h1-5,11H. The lowest BCUT2D eigenvalue weighted by atomic mass is 10.2. The first-order chi connectivity index (χ1) is 5.95. The van der Waals surface area contributed by atoms with Gasteiger partial charge in [-0.2, -0.15) is 0 Å². The molecule has 4 rings (SSSR count). The van der Waals surface area contributed by atoms with Crippen LogP contribution >= 0.6 is 0 Å². The van der Waals surface area contributed by atoms with Gasteiger partial charge in [-0.05, 0) is 12.1 Å². The zero-order chi connectivity index (χ0) is 7.71. The van der Waals surface area contributed by atoms with Crippen LogP contribution in [-0.4, -0.2) is 9.38 Å². The van der Waals surface area contributed by atoms with E-state index in [2.05, 4.69) is 39.7 Å². The molecule has 0 spiro atoms. The summed E-state index contributed by atoms with van der Waals surface area (Å²) in [5, 5.41) is 2.67. The van der Waals surface area contributed by atoms with Crippen molar-refractivity contribution in [2.75, 3.05) is 0 Å². The number of nitrogens with one attached hydrogen (secondary N) is 1. The average molecular weight is 154 g/mol. The fourth-order valence-electron chi connectivity index (χ4n) is 1.97. The first kappa shape index (κ1) is 5.04. The molecule has 0 bridgehead atoms. The lowest BCUT2D eigenvalue weighted by molar-refractivity contribution is 1.19. The van der Waals surface area contributed by atoms with Crippen LogP contribution in [-0.2, 0) is 0 Å². The van der Waals surface area contributed by atoms with Crippen LogP contribution in [0.15, 0.2) is 30.3 Å². The van der Waals surface area contributed by atoms with E-state index < -0.39 is 0 Å². The van der Waals surface area contributed by atoms with Crippen molar-refractivity contribution in [3.05, 3.63) is 41.2 Å². The second-order valence-electron chi connectivity index (χ2n) is 3.27. The Morgan fingerprint density at radius 3 is 3.00 bits per heavy atom. The van der Waals surface area contributed by atoms with Gasteiger partial charge >= 0.3 is 0 Å². The van der Waals surface area contributed by atoms with Gasteiger partial charge in [0.1, 0.15) is 10.8 Å². The van der Waals surface area contributed by atoms with Crippen LogP contribution < -0.4 is 0 Å². The van der Waals surface area contributed by atoms with Crippen LogP contribution in [0.5, 0.6) is 0 Å². The molecule has 56 valence electrons. The van der Waals surface area contributed by atoms with E-state index in [0.29, 0.717) is 0 Å². The number of rotatable bonds is 0. The maximum absolute atomic E-state index is 3.24. The van der Waals surface area contributed by atoms with E-state index >= 15 is 0 Å². The van der Waals surface area contributed by atoms with Crippen molar-refractivity contribution in [2.45, 2.75) is 0 Å². The molecule has 2 heteroatoms. The quantitative estimate of drug-likeness (QED) is 0.400. The summed E-state index contributed by atoms with van der Waals surface area (Å²) in [6.45, 7) is 0. The number of hydrogen-bond acceptors (Lipinski definition) is 0. The van der Waals surface area contributed by atoms with E-state index in [9.17, 15) is 0 Å². The maximum Gasteiger partial charge on any atom is 0.142 e. The van der Waals surface area contributed by atoms with Gasteiger partial charge in [-0.1, -0.05) is 18.2 Å². The molecule has 3 heterocycles. The van der Waals surface area contributed by atoms with Crippen LogP contribution in [0.2, 0.25) is 0 Å². The largest absolute Gasteiger partial charge is 0.335 e. The van der Waals surface area contributed by atoms with Crippen molar-refractivity contribution in [1.29, 1.82) is 0 Å². The summed E-state index contributed by atoms with van der Waals surface area (Å²) in [6.07, 6.45) is 0. The molecule has 0 saturated carbocycles. The lowest BCUT2D eigenvalue weighted by Gasteiger charge is -1.92. The first-order valence-corrected chi connectivity index (χ1v) is 4.08. The lowest BCUT2D eigenvalue weighted by Crippen LogP contribution is -1.83. The Labute approximate surface area is 67.7 Å². The summed E-state index contributed by atoms with van der Waals surface area (Å²) in [6, 6.07) is 10.7. The van der Waals surface area contributed by atoms with Gasteiger partial charge in [0, 0.05) is 5.39 Å². The fourth-order valence-corrected chi connectivity index (χ4v) is 1.97. The van der Waals surface area contributed by atoms with Crippen molar-refractivity contribution in [2.24, 2.45) is 0 Å². The molecule has 2 aromatic rings. The normalized spacial score (nSPS) is 13.0. The first-order valence-electron chi connectivity index (χ1n) is 4.08. The number of fused-ring (bicyclic) bond motifs is 5. The number of hydrogen-bond donors (Lipinski definition) is 1. The summed E-state index contributed by atoms with van der Waals surface area (Å²) in [5.41, 5.74) is 3.95. The minimum Gasteiger partial charge on any atom is -0.335 e. The highest BCUT2D eigenvalue weighted by molar-refractivity contribution is 5.88. The van der Waals surface area contributed by atoms with E-state index in [4.69, 9.17) is 0 Å². The minimum absolute atomic E-state index is 1.30. The summed E-state index contributed by atoms with van der Waals surface area (Å²) in [4.78, 5) is 3.24. The molecular weight excluding hydrogens is 148 g/mol.